The molecule has 0 radical (unpaired) electrons. The molecule has 0 aliphatic rings. The Labute approximate surface area is 114 Å². The third-order valence-corrected chi connectivity index (χ3v) is 4.77. The van der Waals surface area contributed by atoms with Gasteiger partial charge in [0.05, 0.1) is 5.69 Å². The van der Waals surface area contributed by atoms with E-state index in [2.05, 4.69) is 33.0 Å². The zero-order chi connectivity index (χ0) is 12.7. The highest BCUT2D eigenvalue weighted by Gasteiger charge is 2.10. The summed E-state index contributed by atoms with van der Waals surface area (Å²) in [6.07, 6.45) is 2.29. The van der Waals surface area contributed by atoms with Crippen LogP contribution in [-0.2, 0) is 18.7 Å². The third kappa shape index (κ3) is 5.40. The van der Waals surface area contributed by atoms with Gasteiger partial charge in [0.15, 0.2) is 0 Å². The van der Waals surface area contributed by atoms with E-state index in [1.807, 2.05) is 23.1 Å². The number of hydrogen-bond donors (Lipinski definition) is 1. The number of hydrogen-bond acceptors (Lipinski definition) is 4. The van der Waals surface area contributed by atoms with E-state index in [4.69, 9.17) is 4.98 Å². The third-order valence-electron chi connectivity index (χ3n) is 2.39. The summed E-state index contributed by atoms with van der Waals surface area (Å²) in [5, 5.41) is 5.38. The lowest BCUT2D eigenvalue weighted by Crippen LogP contribution is -2.11. The highest BCUT2D eigenvalue weighted by atomic mass is 32.2. The molecule has 1 aromatic rings. The van der Waals surface area contributed by atoms with Gasteiger partial charge in [-0.15, -0.1) is 11.3 Å². The molecule has 0 unspecified atom stereocenters. The quantitative estimate of drug-likeness (QED) is 0.778. The van der Waals surface area contributed by atoms with Crippen LogP contribution in [0.2, 0.25) is 0 Å². The molecule has 0 aliphatic heterocycles. The van der Waals surface area contributed by atoms with Crippen molar-refractivity contribution in [2.24, 2.45) is 0 Å². The van der Waals surface area contributed by atoms with E-state index in [0.717, 1.165) is 25.3 Å². The fraction of sp³-hybridized carbons (Fsp3) is 0.769. The van der Waals surface area contributed by atoms with Crippen LogP contribution < -0.4 is 5.32 Å². The van der Waals surface area contributed by atoms with Gasteiger partial charge in [-0.25, -0.2) is 4.98 Å². The maximum Gasteiger partial charge on any atom is 0.103 e. The Hall–Kier alpha value is -0.0600. The maximum absolute atomic E-state index is 4.78. The maximum atomic E-state index is 4.78. The minimum atomic E-state index is 0.686. The van der Waals surface area contributed by atoms with Crippen LogP contribution in [0, 0.1) is 0 Å². The van der Waals surface area contributed by atoms with Crippen molar-refractivity contribution < 1.29 is 0 Å². The number of rotatable bonds is 8. The first-order valence-corrected chi connectivity index (χ1v) is 8.33. The molecule has 0 aliphatic carbocycles. The van der Waals surface area contributed by atoms with Crippen LogP contribution in [0.3, 0.4) is 0 Å². The molecular formula is C13H24N2S2. The second-order valence-electron chi connectivity index (χ2n) is 4.37. The highest BCUT2D eigenvalue weighted by Crippen LogP contribution is 2.25. The summed E-state index contributed by atoms with van der Waals surface area (Å²) in [5.74, 6) is 1.06. The average Bonchev–Trinajstić information content (AvgIpc) is 2.67. The Morgan fingerprint density at radius 1 is 1.35 bits per heavy atom. The van der Waals surface area contributed by atoms with Gasteiger partial charge in [0.2, 0.25) is 0 Å². The normalized spacial score (nSPS) is 11.4. The van der Waals surface area contributed by atoms with Crippen molar-refractivity contribution >= 4 is 23.1 Å². The lowest BCUT2D eigenvalue weighted by atomic mass is 10.2. The zero-order valence-corrected chi connectivity index (χ0v) is 13.0. The Bertz CT molecular complexity index is 321. The van der Waals surface area contributed by atoms with Crippen molar-refractivity contribution in [3.63, 3.8) is 0 Å². The second-order valence-corrected chi connectivity index (χ2v) is 7.10. The molecule has 1 rings (SSSR count). The van der Waals surface area contributed by atoms with Crippen LogP contribution in [0.4, 0.5) is 0 Å². The molecule has 0 bridgehead atoms. The minimum Gasteiger partial charge on any atom is -0.312 e. The summed E-state index contributed by atoms with van der Waals surface area (Å²) in [6, 6.07) is 0. The van der Waals surface area contributed by atoms with E-state index in [1.54, 1.807) is 0 Å². The minimum absolute atomic E-state index is 0.686. The Balaban J connectivity index is 2.65. The van der Waals surface area contributed by atoms with Gasteiger partial charge in [0.1, 0.15) is 5.01 Å². The number of nitrogens with one attached hydrogen (secondary N) is 1. The number of thioether (sulfide) groups is 1. The molecule has 0 aromatic carbocycles. The molecular weight excluding hydrogens is 248 g/mol. The smallest absolute Gasteiger partial charge is 0.103 e. The molecule has 0 spiro atoms. The van der Waals surface area contributed by atoms with Crippen LogP contribution in [0.15, 0.2) is 0 Å². The van der Waals surface area contributed by atoms with Crippen LogP contribution >= 0.6 is 23.1 Å². The number of aromatic nitrogens is 1. The molecule has 0 fully saturated rings. The molecule has 98 valence electrons. The summed E-state index contributed by atoms with van der Waals surface area (Å²) >= 11 is 3.86. The van der Waals surface area contributed by atoms with Gasteiger partial charge >= 0.3 is 0 Å². The van der Waals surface area contributed by atoms with E-state index in [9.17, 15) is 0 Å². The van der Waals surface area contributed by atoms with Gasteiger partial charge in [-0.1, -0.05) is 34.1 Å². The SMILES string of the molecule is CCCc1nc(CSC(C)C)sc1CNCC. The van der Waals surface area contributed by atoms with Crippen molar-refractivity contribution in [2.75, 3.05) is 6.54 Å². The topological polar surface area (TPSA) is 24.9 Å². The second kappa shape index (κ2) is 8.11. The predicted molar refractivity (Wildman–Crippen MR) is 79.9 cm³/mol. The van der Waals surface area contributed by atoms with E-state index in [0.29, 0.717) is 5.25 Å². The molecule has 1 aromatic heterocycles. The zero-order valence-electron chi connectivity index (χ0n) is 11.4. The van der Waals surface area contributed by atoms with Crippen molar-refractivity contribution in [3.05, 3.63) is 15.6 Å². The summed E-state index contributed by atoms with van der Waals surface area (Å²) in [7, 11) is 0. The number of thiazole rings is 1. The van der Waals surface area contributed by atoms with Gasteiger partial charge in [-0.2, -0.15) is 11.8 Å². The standard InChI is InChI=1S/C13H24N2S2/c1-5-7-11-12(8-14-6-2)17-13(15-11)9-16-10(3)4/h10,14H,5-9H2,1-4H3. The van der Waals surface area contributed by atoms with Gasteiger partial charge in [0, 0.05) is 17.2 Å². The van der Waals surface area contributed by atoms with E-state index in [1.165, 1.54) is 22.0 Å². The fourth-order valence-electron chi connectivity index (χ4n) is 1.55. The molecule has 1 heterocycles. The first kappa shape index (κ1) is 15.0. The van der Waals surface area contributed by atoms with Crippen molar-refractivity contribution in [1.82, 2.24) is 10.3 Å². The van der Waals surface area contributed by atoms with E-state index < -0.39 is 0 Å². The Morgan fingerprint density at radius 2 is 2.12 bits per heavy atom. The first-order chi connectivity index (χ1) is 8.17. The van der Waals surface area contributed by atoms with E-state index in [-0.39, 0.29) is 0 Å². The molecule has 0 saturated heterocycles. The Kier molecular flexibility index (Phi) is 7.16. The average molecular weight is 272 g/mol. The summed E-state index contributed by atoms with van der Waals surface area (Å²) in [4.78, 5) is 6.22. The Morgan fingerprint density at radius 3 is 2.71 bits per heavy atom. The van der Waals surface area contributed by atoms with Crippen molar-refractivity contribution in [3.8, 4) is 0 Å². The van der Waals surface area contributed by atoms with Gasteiger partial charge in [0.25, 0.3) is 0 Å². The first-order valence-electron chi connectivity index (χ1n) is 6.47. The number of nitrogens with zero attached hydrogens (tertiary/aromatic N) is 1. The molecule has 0 amide bonds. The molecule has 0 atom stereocenters. The van der Waals surface area contributed by atoms with Crippen LogP contribution in [-0.4, -0.2) is 16.8 Å². The molecule has 0 saturated carbocycles. The largest absolute Gasteiger partial charge is 0.312 e. The van der Waals surface area contributed by atoms with Crippen molar-refractivity contribution in [1.29, 1.82) is 0 Å². The van der Waals surface area contributed by atoms with Crippen LogP contribution in [0.25, 0.3) is 0 Å². The molecule has 4 heteroatoms. The van der Waals surface area contributed by atoms with Gasteiger partial charge < -0.3 is 5.32 Å². The van der Waals surface area contributed by atoms with Gasteiger partial charge in [-0.05, 0) is 18.2 Å². The molecule has 17 heavy (non-hydrogen) atoms. The summed E-state index contributed by atoms with van der Waals surface area (Å²) in [5.41, 5.74) is 1.32. The summed E-state index contributed by atoms with van der Waals surface area (Å²) in [6.45, 7) is 10.9. The van der Waals surface area contributed by atoms with Crippen LogP contribution in [0.1, 0.15) is 49.7 Å². The molecule has 2 nitrogen and oxygen atoms in total. The monoisotopic (exact) mass is 272 g/mol. The predicted octanol–water partition coefficient (Wildman–Crippen LogP) is 3.85. The van der Waals surface area contributed by atoms with Crippen molar-refractivity contribution in [2.45, 2.75) is 58.1 Å². The molecule has 1 N–H and O–H groups in total. The van der Waals surface area contributed by atoms with Gasteiger partial charge in [-0.3, -0.25) is 0 Å². The highest BCUT2D eigenvalue weighted by molar-refractivity contribution is 7.99. The van der Waals surface area contributed by atoms with Crippen LogP contribution in [0.5, 0.6) is 0 Å². The lowest BCUT2D eigenvalue weighted by molar-refractivity contribution is 0.723. The number of aryl methyl sites for hydroxylation is 1. The van der Waals surface area contributed by atoms with E-state index >= 15 is 0 Å². The summed E-state index contributed by atoms with van der Waals surface area (Å²) < 4.78 is 0. The lowest BCUT2D eigenvalue weighted by Gasteiger charge is -2.00. The fourth-order valence-corrected chi connectivity index (χ4v) is 3.41.